The second-order valence-corrected chi connectivity index (χ2v) is 3.49. The average Bonchev–Trinajstić information content (AvgIpc) is 2.35. The number of carbonyl (C=O) groups excluding carboxylic acids is 2. The number of nitrogens with zero attached hydrogens (tertiary/aromatic N) is 2. The Morgan fingerprint density at radius 1 is 1.67 bits per heavy atom. The number of carbonyl (C=O) groups is 2. The van der Waals surface area contributed by atoms with Crippen LogP contribution in [0.3, 0.4) is 0 Å². The van der Waals surface area contributed by atoms with Crippen LogP contribution in [-0.4, -0.2) is 36.4 Å². The molecule has 1 aliphatic heterocycles. The lowest BCUT2D eigenvalue weighted by molar-refractivity contribution is -0.144. The van der Waals surface area contributed by atoms with Crippen molar-refractivity contribution < 1.29 is 23.5 Å². The Balaban J connectivity index is 2.27. The Hall–Kier alpha value is -2.18. The van der Waals surface area contributed by atoms with Crippen molar-refractivity contribution in [2.75, 3.05) is 18.1 Å². The number of ether oxygens (including phenoxy) is 2. The summed E-state index contributed by atoms with van der Waals surface area (Å²) in [5.41, 5.74) is 0. The third-order valence-electron chi connectivity index (χ3n) is 2.29. The number of hydrogen-bond acceptors (Lipinski definition) is 5. The number of rotatable bonds is 3. The zero-order valence-corrected chi connectivity index (χ0v) is 9.63. The molecule has 1 amide bonds. The first-order chi connectivity index (χ1) is 8.63. The Morgan fingerprint density at radius 2 is 2.44 bits per heavy atom. The van der Waals surface area contributed by atoms with Crippen LogP contribution in [0.5, 0.6) is 5.75 Å². The van der Waals surface area contributed by atoms with Gasteiger partial charge in [0, 0.05) is 6.20 Å². The average molecular weight is 254 g/mol. The fraction of sp³-hybridized carbons (Fsp3) is 0.364. The van der Waals surface area contributed by atoms with Crippen LogP contribution in [0.4, 0.5) is 10.2 Å². The summed E-state index contributed by atoms with van der Waals surface area (Å²) in [6.45, 7) is 1.44. The first kappa shape index (κ1) is 12.3. The predicted octanol–water partition coefficient (Wildman–Crippen LogP) is 0.666. The van der Waals surface area contributed by atoms with E-state index in [9.17, 15) is 14.0 Å². The lowest BCUT2D eigenvalue weighted by Crippen LogP contribution is -2.46. The van der Waals surface area contributed by atoms with Crippen LogP contribution in [0.2, 0.25) is 0 Å². The standard InChI is InChI=1S/C11H11FN2O4/c1-2-17-8(15)6-14-10-7(4-3-5-13-10)18-9(12)11(14)16/h3-5,9H,2,6H2,1H3. The summed E-state index contributed by atoms with van der Waals surface area (Å²) in [4.78, 5) is 27.8. The molecule has 0 saturated heterocycles. The lowest BCUT2D eigenvalue weighted by atomic mass is 10.3. The van der Waals surface area contributed by atoms with Crippen LogP contribution >= 0.6 is 0 Å². The molecule has 1 unspecified atom stereocenters. The van der Waals surface area contributed by atoms with E-state index in [1.807, 2.05) is 0 Å². The molecule has 0 spiro atoms. The Morgan fingerprint density at radius 3 is 3.17 bits per heavy atom. The highest BCUT2D eigenvalue weighted by Gasteiger charge is 2.36. The molecule has 0 radical (unpaired) electrons. The third-order valence-corrected chi connectivity index (χ3v) is 2.29. The van der Waals surface area contributed by atoms with Crippen molar-refractivity contribution in [3.63, 3.8) is 0 Å². The molecule has 18 heavy (non-hydrogen) atoms. The van der Waals surface area contributed by atoms with E-state index in [-0.39, 0.29) is 24.7 Å². The highest BCUT2D eigenvalue weighted by atomic mass is 19.1. The minimum Gasteiger partial charge on any atom is -0.465 e. The number of anilines is 1. The fourth-order valence-electron chi connectivity index (χ4n) is 1.55. The highest BCUT2D eigenvalue weighted by molar-refractivity contribution is 6.01. The van der Waals surface area contributed by atoms with Crippen molar-refractivity contribution in [3.05, 3.63) is 18.3 Å². The van der Waals surface area contributed by atoms with E-state index >= 15 is 0 Å². The van der Waals surface area contributed by atoms with Crippen LogP contribution in [0.1, 0.15) is 6.92 Å². The molecule has 1 aromatic heterocycles. The normalized spacial score (nSPS) is 18.0. The summed E-state index contributed by atoms with van der Waals surface area (Å²) in [5, 5.41) is 0. The fourth-order valence-corrected chi connectivity index (χ4v) is 1.55. The van der Waals surface area contributed by atoms with Crippen molar-refractivity contribution >= 4 is 17.7 Å². The zero-order valence-electron chi connectivity index (χ0n) is 9.63. The second kappa shape index (κ2) is 4.99. The van der Waals surface area contributed by atoms with E-state index < -0.39 is 18.2 Å². The van der Waals surface area contributed by atoms with Crippen molar-refractivity contribution in [3.8, 4) is 5.75 Å². The second-order valence-electron chi connectivity index (χ2n) is 3.49. The zero-order chi connectivity index (χ0) is 13.1. The number of hydrogen-bond donors (Lipinski definition) is 0. The summed E-state index contributed by atoms with van der Waals surface area (Å²) in [5.74, 6) is -1.36. The molecule has 1 aliphatic rings. The molecule has 1 atom stereocenters. The monoisotopic (exact) mass is 254 g/mol. The summed E-state index contributed by atoms with van der Waals surface area (Å²) < 4.78 is 22.8. The van der Waals surface area contributed by atoms with Gasteiger partial charge in [-0.3, -0.25) is 14.5 Å². The maximum absolute atomic E-state index is 13.3. The summed E-state index contributed by atoms with van der Waals surface area (Å²) in [7, 11) is 0. The number of aromatic nitrogens is 1. The molecule has 0 fully saturated rings. The molecule has 2 heterocycles. The summed E-state index contributed by atoms with van der Waals surface area (Å²) in [6, 6.07) is 3.02. The van der Waals surface area contributed by atoms with Gasteiger partial charge in [-0.2, -0.15) is 4.39 Å². The maximum Gasteiger partial charge on any atom is 0.326 e. The highest BCUT2D eigenvalue weighted by Crippen LogP contribution is 2.31. The van der Waals surface area contributed by atoms with Gasteiger partial charge in [-0.15, -0.1) is 0 Å². The first-order valence-corrected chi connectivity index (χ1v) is 5.36. The van der Waals surface area contributed by atoms with E-state index in [4.69, 9.17) is 9.47 Å². The number of pyridine rings is 1. The van der Waals surface area contributed by atoms with Crippen molar-refractivity contribution in [2.45, 2.75) is 13.3 Å². The quantitative estimate of drug-likeness (QED) is 0.741. The van der Waals surface area contributed by atoms with Gasteiger partial charge >= 0.3 is 18.2 Å². The SMILES string of the molecule is CCOC(=O)CN1C(=O)C(F)Oc2cccnc21. The van der Waals surface area contributed by atoms with Gasteiger partial charge in [0.1, 0.15) is 6.54 Å². The van der Waals surface area contributed by atoms with E-state index in [1.165, 1.54) is 12.3 Å². The Labute approximate surface area is 102 Å². The number of halogens is 1. The van der Waals surface area contributed by atoms with Crippen LogP contribution in [0, 0.1) is 0 Å². The van der Waals surface area contributed by atoms with Crippen LogP contribution in [0.15, 0.2) is 18.3 Å². The molecule has 0 N–H and O–H groups in total. The third kappa shape index (κ3) is 2.24. The Kier molecular flexibility index (Phi) is 3.40. The molecule has 1 aromatic rings. The molecule has 0 bridgehead atoms. The Bertz CT molecular complexity index is 480. The first-order valence-electron chi connectivity index (χ1n) is 5.36. The molecule has 7 heteroatoms. The predicted molar refractivity (Wildman–Crippen MR) is 58.7 cm³/mol. The molecule has 0 saturated carbocycles. The smallest absolute Gasteiger partial charge is 0.326 e. The van der Waals surface area contributed by atoms with Gasteiger partial charge in [0.2, 0.25) is 0 Å². The van der Waals surface area contributed by atoms with Gasteiger partial charge in [-0.25, -0.2) is 4.98 Å². The van der Waals surface area contributed by atoms with Crippen LogP contribution in [0.25, 0.3) is 0 Å². The topological polar surface area (TPSA) is 68.7 Å². The van der Waals surface area contributed by atoms with E-state index in [1.54, 1.807) is 13.0 Å². The van der Waals surface area contributed by atoms with E-state index in [0.29, 0.717) is 0 Å². The van der Waals surface area contributed by atoms with Crippen molar-refractivity contribution in [2.24, 2.45) is 0 Å². The number of alkyl halides is 1. The van der Waals surface area contributed by atoms with Gasteiger partial charge in [-0.1, -0.05) is 0 Å². The maximum atomic E-state index is 13.3. The van der Waals surface area contributed by atoms with Gasteiger partial charge < -0.3 is 9.47 Å². The molecule has 6 nitrogen and oxygen atoms in total. The molecule has 0 aliphatic carbocycles. The number of fused-ring (bicyclic) bond motifs is 1. The van der Waals surface area contributed by atoms with Gasteiger partial charge in [-0.05, 0) is 19.1 Å². The van der Waals surface area contributed by atoms with Crippen molar-refractivity contribution in [1.82, 2.24) is 4.98 Å². The molecule has 96 valence electrons. The van der Waals surface area contributed by atoms with Gasteiger partial charge in [0.05, 0.1) is 6.61 Å². The summed E-state index contributed by atoms with van der Waals surface area (Å²) >= 11 is 0. The largest absolute Gasteiger partial charge is 0.465 e. The number of esters is 1. The van der Waals surface area contributed by atoms with Crippen LogP contribution < -0.4 is 9.64 Å². The van der Waals surface area contributed by atoms with Gasteiger partial charge in [0.15, 0.2) is 11.6 Å². The van der Waals surface area contributed by atoms with Gasteiger partial charge in [0.25, 0.3) is 0 Å². The van der Waals surface area contributed by atoms with Crippen LogP contribution in [-0.2, 0) is 14.3 Å². The molecule has 0 aromatic carbocycles. The van der Waals surface area contributed by atoms with E-state index in [0.717, 1.165) is 4.90 Å². The minimum absolute atomic E-state index is 0.115. The minimum atomic E-state index is -2.13. The molecular formula is C11H11FN2O4. The number of amides is 1. The molecular weight excluding hydrogens is 243 g/mol. The van der Waals surface area contributed by atoms with Crippen molar-refractivity contribution in [1.29, 1.82) is 0 Å². The van der Waals surface area contributed by atoms with E-state index in [2.05, 4.69) is 4.98 Å². The summed E-state index contributed by atoms with van der Waals surface area (Å²) in [6.07, 6.45) is -0.706. The lowest BCUT2D eigenvalue weighted by Gasteiger charge is -2.28. The molecule has 2 rings (SSSR count).